The molecule has 0 aliphatic rings. The molecule has 0 amide bonds. The van der Waals surface area contributed by atoms with E-state index >= 15 is 0 Å². The van der Waals surface area contributed by atoms with Crippen molar-refractivity contribution in [2.45, 2.75) is 0 Å². The molecule has 228 valence electrons. The van der Waals surface area contributed by atoms with Gasteiger partial charge in [0.05, 0.1) is 0 Å². The van der Waals surface area contributed by atoms with E-state index in [9.17, 15) is 0 Å². The van der Waals surface area contributed by atoms with Crippen molar-refractivity contribution < 1.29 is 4.42 Å². The lowest BCUT2D eigenvalue weighted by Crippen LogP contribution is -2.00. The molecule has 4 nitrogen and oxygen atoms in total. The molecule has 4 heteroatoms. The van der Waals surface area contributed by atoms with Crippen molar-refractivity contribution >= 4 is 54.3 Å². The fraction of sp³-hybridized carbons (Fsp3) is 0. The Bertz CT molecular complexity index is 2890. The molecule has 0 radical (unpaired) electrons. The summed E-state index contributed by atoms with van der Waals surface area (Å²) < 4.78 is 6.19. The van der Waals surface area contributed by atoms with Crippen molar-refractivity contribution in [3.05, 3.63) is 164 Å². The first-order chi connectivity index (χ1) is 24.2. The molecule has 0 saturated carbocycles. The van der Waals surface area contributed by atoms with Crippen LogP contribution in [0.25, 0.3) is 99.5 Å². The molecule has 0 saturated heterocycles. The number of aromatic nitrogens is 3. The Balaban J connectivity index is 1.12. The molecule has 2 heterocycles. The number of hydrogen-bond acceptors (Lipinski definition) is 4. The monoisotopic (exact) mass is 625 g/mol. The van der Waals surface area contributed by atoms with E-state index in [4.69, 9.17) is 19.4 Å². The molecule has 0 unspecified atom stereocenters. The summed E-state index contributed by atoms with van der Waals surface area (Å²) in [6, 6.07) is 57.0. The third kappa shape index (κ3) is 4.65. The van der Waals surface area contributed by atoms with Crippen LogP contribution in [0.2, 0.25) is 0 Å². The van der Waals surface area contributed by atoms with Gasteiger partial charge >= 0.3 is 0 Å². The zero-order valence-electron chi connectivity index (χ0n) is 26.3. The van der Waals surface area contributed by atoms with Gasteiger partial charge in [0.25, 0.3) is 0 Å². The SMILES string of the molecule is c1ccc(-c2nc(-c3ccc4ccc(-c5cccc6oc7ccccc7c56)cc4c3)nc(-c3ccc4c(ccc5ccccc54)c3)n2)cc1. The topological polar surface area (TPSA) is 51.8 Å². The second-order valence-electron chi connectivity index (χ2n) is 12.4. The molecule has 2 aromatic heterocycles. The van der Waals surface area contributed by atoms with E-state index in [-0.39, 0.29) is 0 Å². The maximum absolute atomic E-state index is 6.19. The van der Waals surface area contributed by atoms with Crippen LogP contribution in [0.15, 0.2) is 168 Å². The van der Waals surface area contributed by atoms with Crippen molar-refractivity contribution in [2.75, 3.05) is 0 Å². The summed E-state index contributed by atoms with van der Waals surface area (Å²) in [6.45, 7) is 0. The minimum atomic E-state index is 0.637. The fourth-order valence-electron chi connectivity index (χ4n) is 7.07. The number of rotatable bonds is 4. The van der Waals surface area contributed by atoms with E-state index in [0.717, 1.165) is 65.9 Å². The van der Waals surface area contributed by atoms with Crippen molar-refractivity contribution in [2.24, 2.45) is 0 Å². The molecule has 0 N–H and O–H groups in total. The highest BCUT2D eigenvalue weighted by Gasteiger charge is 2.15. The molecule has 0 aliphatic heterocycles. The van der Waals surface area contributed by atoms with Crippen LogP contribution < -0.4 is 0 Å². The second-order valence-corrected chi connectivity index (χ2v) is 12.4. The van der Waals surface area contributed by atoms with Crippen LogP contribution in [0, 0.1) is 0 Å². The summed E-state index contributed by atoms with van der Waals surface area (Å²) >= 11 is 0. The molecule has 0 bridgehead atoms. The van der Waals surface area contributed by atoms with Gasteiger partial charge in [-0.1, -0.05) is 133 Å². The van der Waals surface area contributed by atoms with Crippen LogP contribution in [0.1, 0.15) is 0 Å². The Kier molecular flexibility index (Phi) is 6.15. The van der Waals surface area contributed by atoms with Crippen LogP contribution in [0.5, 0.6) is 0 Å². The van der Waals surface area contributed by atoms with E-state index in [1.807, 2.05) is 48.5 Å². The van der Waals surface area contributed by atoms with Crippen molar-refractivity contribution in [3.63, 3.8) is 0 Å². The smallest absolute Gasteiger partial charge is 0.164 e. The molecular formula is C45H27N3O. The summed E-state index contributed by atoms with van der Waals surface area (Å²) in [5.41, 5.74) is 6.90. The number of nitrogens with zero attached hydrogens (tertiary/aromatic N) is 3. The second kappa shape index (κ2) is 11.0. The standard InChI is InChI=1S/C45H27N3O/c1-2-10-30(11-3-1)43-46-44(48-45(47-43)34-23-24-37-31(25-34)21-19-29-9-4-5-12-36(29)37)33-22-18-28-17-20-32(26-35(28)27-33)38-14-8-16-41-42(38)39-13-6-7-15-40(39)49-41/h1-27H. The first-order valence-corrected chi connectivity index (χ1v) is 16.4. The van der Waals surface area contributed by atoms with E-state index in [1.54, 1.807) is 0 Å². The Hall–Kier alpha value is -6.65. The van der Waals surface area contributed by atoms with E-state index in [1.165, 1.54) is 16.2 Å². The summed E-state index contributed by atoms with van der Waals surface area (Å²) in [6.07, 6.45) is 0. The number of fused-ring (bicyclic) bond motifs is 7. The predicted octanol–water partition coefficient (Wildman–Crippen LogP) is 11.9. The largest absolute Gasteiger partial charge is 0.456 e. The molecule has 0 atom stereocenters. The lowest BCUT2D eigenvalue weighted by Gasteiger charge is -2.11. The lowest BCUT2D eigenvalue weighted by atomic mass is 9.96. The third-order valence-corrected chi connectivity index (χ3v) is 9.48. The Morgan fingerprint density at radius 2 is 0.898 bits per heavy atom. The molecule has 10 rings (SSSR count). The number of benzene rings is 8. The van der Waals surface area contributed by atoms with Gasteiger partial charge in [-0.25, -0.2) is 15.0 Å². The van der Waals surface area contributed by atoms with Crippen LogP contribution >= 0.6 is 0 Å². The number of hydrogen-bond donors (Lipinski definition) is 0. The quantitative estimate of drug-likeness (QED) is 0.183. The lowest BCUT2D eigenvalue weighted by molar-refractivity contribution is 0.669. The molecule has 49 heavy (non-hydrogen) atoms. The minimum Gasteiger partial charge on any atom is -0.456 e. The normalized spacial score (nSPS) is 11.7. The van der Waals surface area contributed by atoms with Gasteiger partial charge in [-0.3, -0.25) is 0 Å². The average molecular weight is 626 g/mol. The molecule has 0 aliphatic carbocycles. The Labute approximate surface area is 282 Å². The highest BCUT2D eigenvalue weighted by atomic mass is 16.3. The summed E-state index contributed by atoms with van der Waals surface area (Å²) in [5.74, 6) is 1.93. The van der Waals surface area contributed by atoms with Crippen LogP contribution in [-0.2, 0) is 0 Å². The predicted molar refractivity (Wildman–Crippen MR) is 201 cm³/mol. The van der Waals surface area contributed by atoms with E-state index in [0.29, 0.717) is 17.5 Å². The molecular weight excluding hydrogens is 599 g/mol. The van der Waals surface area contributed by atoms with Crippen molar-refractivity contribution in [1.82, 2.24) is 15.0 Å². The molecule has 10 aromatic rings. The molecule has 0 spiro atoms. The van der Waals surface area contributed by atoms with Crippen LogP contribution in [-0.4, -0.2) is 15.0 Å². The zero-order valence-corrected chi connectivity index (χ0v) is 26.3. The van der Waals surface area contributed by atoms with Gasteiger partial charge < -0.3 is 4.42 Å². The van der Waals surface area contributed by atoms with Gasteiger partial charge in [-0.2, -0.15) is 0 Å². The van der Waals surface area contributed by atoms with Crippen LogP contribution in [0.4, 0.5) is 0 Å². The highest BCUT2D eigenvalue weighted by molar-refractivity contribution is 6.13. The third-order valence-electron chi connectivity index (χ3n) is 9.48. The van der Waals surface area contributed by atoms with Crippen molar-refractivity contribution in [1.29, 1.82) is 0 Å². The maximum atomic E-state index is 6.19. The van der Waals surface area contributed by atoms with E-state index < -0.39 is 0 Å². The fourth-order valence-corrected chi connectivity index (χ4v) is 7.07. The Morgan fingerprint density at radius 3 is 1.73 bits per heavy atom. The maximum Gasteiger partial charge on any atom is 0.164 e. The number of para-hydroxylation sites is 1. The van der Waals surface area contributed by atoms with Gasteiger partial charge in [-0.05, 0) is 73.8 Å². The first kappa shape index (κ1) is 27.5. The zero-order chi connectivity index (χ0) is 32.3. The van der Waals surface area contributed by atoms with Crippen LogP contribution in [0.3, 0.4) is 0 Å². The van der Waals surface area contributed by atoms with Gasteiger partial charge in [-0.15, -0.1) is 0 Å². The van der Waals surface area contributed by atoms with E-state index in [2.05, 4.69) is 115 Å². The summed E-state index contributed by atoms with van der Waals surface area (Å²) in [5, 5.41) is 9.34. The van der Waals surface area contributed by atoms with Gasteiger partial charge in [0.1, 0.15) is 11.2 Å². The molecule has 0 fully saturated rings. The number of furan rings is 1. The first-order valence-electron chi connectivity index (χ1n) is 16.4. The summed E-state index contributed by atoms with van der Waals surface area (Å²) in [4.78, 5) is 15.1. The molecule has 8 aromatic carbocycles. The summed E-state index contributed by atoms with van der Waals surface area (Å²) in [7, 11) is 0. The average Bonchev–Trinajstić information content (AvgIpc) is 3.56. The highest BCUT2D eigenvalue weighted by Crippen LogP contribution is 2.38. The minimum absolute atomic E-state index is 0.637. The van der Waals surface area contributed by atoms with Gasteiger partial charge in [0.15, 0.2) is 17.5 Å². The van der Waals surface area contributed by atoms with Crippen molar-refractivity contribution in [3.8, 4) is 45.3 Å². The van der Waals surface area contributed by atoms with Gasteiger partial charge in [0, 0.05) is 27.5 Å². The van der Waals surface area contributed by atoms with Gasteiger partial charge in [0.2, 0.25) is 0 Å². The Morgan fingerprint density at radius 1 is 0.327 bits per heavy atom.